The summed E-state index contributed by atoms with van der Waals surface area (Å²) in [5, 5.41) is 16.6. The van der Waals surface area contributed by atoms with Crippen LogP contribution < -0.4 is 10.1 Å². The van der Waals surface area contributed by atoms with Gasteiger partial charge in [-0.2, -0.15) is 0 Å². The molecule has 3 nitrogen and oxygen atoms in total. The number of hydrogen-bond acceptors (Lipinski definition) is 3. The fourth-order valence-electron chi connectivity index (χ4n) is 3.82. The Morgan fingerprint density at radius 1 is 0.742 bits per heavy atom. The monoisotopic (exact) mass is 429 g/mol. The molecular weight excluding hydrogens is 406 g/mol. The van der Waals surface area contributed by atoms with Gasteiger partial charge in [0, 0.05) is 10.7 Å². The van der Waals surface area contributed by atoms with Gasteiger partial charge in [-0.05, 0) is 53.1 Å². The molecule has 2 unspecified atom stereocenters. The average Bonchev–Trinajstić information content (AvgIpc) is 2.84. The van der Waals surface area contributed by atoms with E-state index in [1.54, 1.807) is 19.2 Å². The molecule has 0 spiro atoms. The first kappa shape index (κ1) is 21.0. The summed E-state index contributed by atoms with van der Waals surface area (Å²) < 4.78 is 5.29. The summed E-state index contributed by atoms with van der Waals surface area (Å²) in [6.07, 6.45) is 0. The Hall–Kier alpha value is -3.27. The second-order valence-electron chi connectivity index (χ2n) is 7.36. The number of hydrogen-bond donors (Lipinski definition) is 2. The molecule has 0 fully saturated rings. The van der Waals surface area contributed by atoms with Gasteiger partial charge >= 0.3 is 0 Å². The van der Waals surface area contributed by atoms with Crippen LogP contribution in [0.4, 0.5) is 5.69 Å². The molecule has 0 aliphatic heterocycles. The summed E-state index contributed by atoms with van der Waals surface area (Å²) in [6.45, 7) is 0. The van der Waals surface area contributed by atoms with Crippen molar-refractivity contribution in [3.63, 3.8) is 0 Å². The summed E-state index contributed by atoms with van der Waals surface area (Å²) in [6, 6.07) is 34.3. The van der Waals surface area contributed by atoms with Crippen LogP contribution in [0.5, 0.6) is 5.75 Å². The molecule has 0 bridgehead atoms. The van der Waals surface area contributed by atoms with Crippen LogP contribution in [0.1, 0.15) is 22.7 Å². The first-order valence-electron chi connectivity index (χ1n) is 10.1. The third-order valence-electron chi connectivity index (χ3n) is 5.45. The highest BCUT2D eigenvalue weighted by Gasteiger charge is 2.41. The van der Waals surface area contributed by atoms with E-state index in [4.69, 9.17) is 16.3 Å². The van der Waals surface area contributed by atoms with Gasteiger partial charge in [0.1, 0.15) is 11.4 Å². The Morgan fingerprint density at radius 2 is 1.29 bits per heavy atom. The molecule has 2 atom stereocenters. The lowest BCUT2D eigenvalue weighted by Gasteiger charge is -2.39. The Kier molecular flexibility index (Phi) is 6.26. The zero-order valence-corrected chi connectivity index (χ0v) is 18.0. The quantitative estimate of drug-likeness (QED) is 0.355. The Balaban J connectivity index is 1.88. The van der Waals surface area contributed by atoms with Crippen LogP contribution in [-0.2, 0) is 5.60 Å². The minimum atomic E-state index is -1.35. The highest BCUT2D eigenvalue weighted by Crippen LogP contribution is 2.43. The van der Waals surface area contributed by atoms with Crippen LogP contribution in [0.25, 0.3) is 0 Å². The van der Waals surface area contributed by atoms with Crippen molar-refractivity contribution in [3.05, 3.63) is 131 Å². The van der Waals surface area contributed by atoms with E-state index in [9.17, 15) is 5.11 Å². The van der Waals surface area contributed by atoms with E-state index < -0.39 is 11.6 Å². The van der Waals surface area contributed by atoms with Gasteiger partial charge in [-0.25, -0.2) is 0 Å². The fourth-order valence-corrected chi connectivity index (χ4v) is 3.95. The van der Waals surface area contributed by atoms with Gasteiger partial charge in [-0.1, -0.05) is 84.4 Å². The maximum Gasteiger partial charge on any atom is 0.139 e. The maximum absolute atomic E-state index is 12.4. The smallest absolute Gasteiger partial charge is 0.139 e. The standard InChI is InChI=1S/C27H24ClNO2/c1-31-25-18-16-24(17-19-25)29-26(20-8-4-2-5-9-20)27(30,21-10-6-3-7-11-21)22-12-14-23(28)15-13-22/h2-19,26,29-30H,1H3. The molecule has 4 heteroatoms. The second kappa shape index (κ2) is 9.25. The third kappa shape index (κ3) is 4.43. The molecule has 31 heavy (non-hydrogen) atoms. The highest BCUT2D eigenvalue weighted by molar-refractivity contribution is 6.30. The van der Waals surface area contributed by atoms with Crippen molar-refractivity contribution in [1.82, 2.24) is 0 Å². The molecule has 4 aromatic rings. The van der Waals surface area contributed by atoms with Gasteiger partial charge in [-0.3, -0.25) is 0 Å². The van der Waals surface area contributed by atoms with Gasteiger partial charge in [-0.15, -0.1) is 0 Å². The van der Waals surface area contributed by atoms with Crippen LogP contribution in [0.3, 0.4) is 0 Å². The van der Waals surface area contributed by atoms with E-state index in [2.05, 4.69) is 5.32 Å². The lowest BCUT2D eigenvalue weighted by atomic mass is 9.77. The molecule has 0 aliphatic rings. The van der Waals surface area contributed by atoms with Gasteiger partial charge in [0.25, 0.3) is 0 Å². The van der Waals surface area contributed by atoms with Gasteiger partial charge < -0.3 is 15.2 Å². The lowest BCUT2D eigenvalue weighted by molar-refractivity contribution is 0.0586. The number of nitrogens with one attached hydrogen (secondary N) is 1. The van der Waals surface area contributed by atoms with E-state index in [1.165, 1.54) is 0 Å². The Bertz CT molecular complexity index is 1100. The normalized spacial score (nSPS) is 13.8. The Morgan fingerprint density at radius 3 is 1.87 bits per heavy atom. The number of anilines is 1. The summed E-state index contributed by atoms with van der Waals surface area (Å²) in [7, 11) is 1.64. The highest BCUT2D eigenvalue weighted by atomic mass is 35.5. The first-order chi connectivity index (χ1) is 15.1. The number of halogens is 1. The molecule has 4 rings (SSSR count). The van der Waals surface area contributed by atoms with E-state index >= 15 is 0 Å². The number of aliphatic hydroxyl groups is 1. The average molecular weight is 430 g/mol. The van der Waals surface area contributed by atoms with Crippen molar-refractivity contribution in [2.24, 2.45) is 0 Å². The molecule has 0 saturated carbocycles. The second-order valence-corrected chi connectivity index (χ2v) is 7.79. The van der Waals surface area contributed by atoms with Crippen molar-refractivity contribution in [2.45, 2.75) is 11.6 Å². The molecule has 0 aromatic heterocycles. The number of rotatable bonds is 7. The Labute approximate surface area is 187 Å². The summed E-state index contributed by atoms with van der Waals surface area (Å²) in [4.78, 5) is 0. The van der Waals surface area contributed by atoms with Crippen molar-refractivity contribution in [3.8, 4) is 5.75 Å². The largest absolute Gasteiger partial charge is 0.497 e. The first-order valence-corrected chi connectivity index (χ1v) is 10.5. The molecule has 156 valence electrons. The van der Waals surface area contributed by atoms with Crippen LogP contribution in [0.15, 0.2) is 109 Å². The molecule has 0 amide bonds. The zero-order valence-electron chi connectivity index (χ0n) is 17.2. The number of benzene rings is 4. The molecular formula is C27H24ClNO2. The van der Waals surface area contributed by atoms with Crippen molar-refractivity contribution in [1.29, 1.82) is 0 Å². The minimum Gasteiger partial charge on any atom is -0.497 e. The molecule has 0 heterocycles. The number of ether oxygens (including phenoxy) is 1. The van der Waals surface area contributed by atoms with Crippen LogP contribution in [-0.4, -0.2) is 12.2 Å². The van der Waals surface area contributed by atoms with Crippen molar-refractivity contribution < 1.29 is 9.84 Å². The van der Waals surface area contributed by atoms with Crippen molar-refractivity contribution >= 4 is 17.3 Å². The zero-order chi connectivity index (χ0) is 21.7. The van der Waals surface area contributed by atoms with Crippen LogP contribution in [0, 0.1) is 0 Å². The summed E-state index contributed by atoms with van der Waals surface area (Å²) in [5.41, 5.74) is 2.01. The molecule has 0 saturated heterocycles. The summed E-state index contributed by atoms with van der Waals surface area (Å²) >= 11 is 6.15. The van der Waals surface area contributed by atoms with Gasteiger partial charge in [0.05, 0.1) is 13.2 Å². The van der Waals surface area contributed by atoms with Crippen molar-refractivity contribution in [2.75, 3.05) is 12.4 Å². The van der Waals surface area contributed by atoms with Gasteiger partial charge in [0.15, 0.2) is 0 Å². The van der Waals surface area contributed by atoms with Crippen LogP contribution in [0.2, 0.25) is 5.02 Å². The van der Waals surface area contributed by atoms with Crippen LogP contribution >= 0.6 is 11.6 Å². The predicted molar refractivity (Wildman–Crippen MR) is 127 cm³/mol. The maximum atomic E-state index is 12.4. The molecule has 0 radical (unpaired) electrons. The van der Waals surface area contributed by atoms with E-state index in [1.807, 2.05) is 97.1 Å². The molecule has 4 aromatic carbocycles. The van der Waals surface area contributed by atoms with E-state index in [0.29, 0.717) is 5.02 Å². The lowest BCUT2D eigenvalue weighted by Crippen LogP contribution is -2.39. The predicted octanol–water partition coefficient (Wildman–Crippen LogP) is 6.44. The molecule has 0 aliphatic carbocycles. The fraction of sp³-hybridized carbons (Fsp3) is 0.111. The molecule has 2 N–H and O–H groups in total. The summed E-state index contributed by atoms with van der Waals surface area (Å²) in [5.74, 6) is 0.776. The number of methoxy groups -OCH3 is 1. The van der Waals surface area contributed by atoms with E-state index in [-0.39, 0.29) is 0 Å². The van der Waals surface area contributed by atoms with E-state index in [0.717, 1.165) is 28.1 Å². The SMILES string of the molecule is COc1ccc(NC(c2ccccc2)C(O)(c2ccccc2)c2ccc(Cl)cc2)cc1. The van der Waals surface area contributed by atoms with Gasteiger partial charge in [0.2, 0.25) is 0 Å². The minimum absolute atomic E-state index is 0.467. The topological polar surface area (TPSA) is 41.5 Å². The third-order valence-corrected chi connectivity index (χ3v) is 5.70.